The van der Waals surface area contributed by atoms with Crippen LogP contribution >= 0.6 is 0 Å². The Morgan fingerprint density at radius 3 is 2.62 bits per heavy atom. The van der Waals surface area contributed by atoms with Crippen molar-refractivity contribution < 1.29 is 9.84 Å². The average Bonchev–Trinajstić information content (AvgIpc) is 2.48. The summed E-state index contributed by atoms with van der Waals surface area (Å²) in [6.07, 6.45) is 4.85. The van der Waals surface area contributed by atoms with Gasteiger partial charge in [-0.05, 0) is 38.8 Å². The van der Waals surface area contributed by atoms with Gasteiger partial charge in [-0.1, -0.05) is 33.6 Å². The second-order valence-corrected chi connectivity index (χ2v) is 6.68. The molecule has 0 saturated heterocycles. The molecule has 1 fully saturated rings. The number of hydrogen-bond acceptors (Lipinski definition) is 4. The van der Waals surface area contributed by atoms with Gasteiger partial charge in [0, 0.05) is 19.1 Å². The first-order valence-electron chi connectivity index (χ1n) is 8.80. The van der Waals surface area contributed by atoms with Crippen molar-refractivity contribution in [3.05, 3.63) is 0 Å². The first kappa shape index (κ1) is 18.9. The minimum Gasteiger partial charge on any atom is -0.389 e. The van der Waals surface area contributed by atoms with Gasteiger partial charge < -0.3 is 20.1 Å². The molecule has 0 aromatic carbocycles. The molecule has 0 aromatic heterocycles. The first-order valence-corrected chi connectivity index (χ1v) is 8.80. The molecule has 0 radical (unpaired) electrons. The van der Waals surface area contributed by atoms with E-state index in [0.717, 1.165) is 38.4 Å². The molecule has 4 heteroatoms. The molecule has 1 aliphatic carbocycles. The van der Waals surface area contributed by atoms with Gasteiger partial charge in [0.1, 0.15) is 0 Å². The van der Waals surface area contributed by atoms with Crippen LogP contribution in [0.2, 0.25) is 0 Å². The van der Waals surface area contributed by atoms with E-state index in [9.17, 15) is 5.11 Å². The minimum atomic E-state index is -0.401. The topological polar surface area (TPSA) is 44.7 Å². The molecule has 4 unspecified atom stereocenters. The highest BCUT2D eigenvalue weighted by Crippen LogP contribution is 2.25. The molecule has 21 heavy (non-hydrogen) atoms. The number of ether oxygens (including phenoxy) is 1. The Morgan fingerprint density at radius 2 is 2.00 bits per heavy atom. The summed E-state index contributed by atoms with van der Waals surface area (Å²) < 4.78 is 5.87. The van der Waals surface area contributed by atoms with Crippen molar-refractivity contribution >= 4 is 0 Å². The van der Waals surface area contributed by atoms with E-state index >= 15 is 0 Å². The van der Waals surface area contributed by atoms with Crippen molar-refractivity contribution in [1.82, 2.24) is 10.2 Å². The van der Waals surface area contributed by atoms with Crippen LogP contribution in [-0.2, 0) is 4.74 Å². The second-order valence-electron chi connectivity index (χ2n) is 6.68. The molecule has 126 valence electrons. The SMILES string of the molecule is CCN(CC)CC(C)NCC(O)COC1CCCC(C)C1. The number of likely N-dealkylation sites (N-methyl/N-ethyl adjacent to an activating group) is 1. The normalized spacial score (nSPS) is 26.0. The third kappa shape index (κ3) is 8.15. The maximum atomic E-state index is 10.0. The van der Waals surface area contributed by atoms with Gasteiger partial charge in [-0.25, -0.2) is 0 Å². The van der Waals surface area contributed by atoms with Crippen molar-refractivity contribution in [2.45, 2.75) is 71.6 Å². The predicted octanol–water partition coefficient (Wildman–Crippen LogP) is 2.26. The molecular weight excluding hydrogens is 264 g/mol. The third-order valence-corrected chi connectivity index (χ3v) is 4.54. The van der Waals surface area contributed by atoms with E-state index in [-0.39, 0.29) is 0 Å². The Bertz CT molecular complexity index is 259. The fourth-order valence-electron chi connectivity index (χ4n) is 3.11. The zero-order valence-corrected chi connectivity index (χ0v) is 14.5. The van der Waals surface area contributed by atoms with Crippen molar-refractivity contribution in [3.63, 3.8) is 0 Å². The molecule has 0 aromatic rings. The fourth-order valence-corrected chi connectivity index (χ4v) is 3.11. The lowest BCUT2D eigenvalue weighted by Gasteiger charge is -2.28. The second kappa shape index (κ2) is 10.5. The summed E-state index contributed by atoms with van der Waals surface area (Å²) >= 11 is 0. The molecular formula is C17H36N2O2. The molecule has 4 nitrogen and oxygen atoms in total. The van der Waals surface area contributed by atoms with Gasteiger partial charge in [-0.2, -0.15) is 0 Å². The monoisotopic (exact) mass is 300 g/mol. The Kier molecular flexibility index (Phi) is 9.49. The summed E-state index contributed by atoms with van der Waals surface area (Å²) in [4.78, 5) is 2.39. The smallest absolute Gasteiger partial charge is 0.0897 e. The minimum absolute atomic E-state index is 0.358. The van der Waals surface area contributed by atoms with Crippen LogP contribution in [0.25, 0.3) is 0 Å². The van der Waals surface area contributed by atoms with Gasteiger partial charge in [0.15, 0.2) is 0 Å². The average molecular weight is 300 g/mol. The Hall–Kier alpha value is -0.160. The summed E-state index contributed by atoms with van der Waals surface area (Å²) in [6.45, 7) is 13.1. The molecule has 4 atom stereocenters. The Morgan fingerprint density at radius 1 is 1.29 bits per heavy atom. The molecule has 0 aliphatic heterocycles. The van der Waals surface area contributed by atoms with Gasteiger partial charge in [-0.15, -0.1) is 0 Å². The van der Waals surface area contributed by atoms with E-state index in [1.54, 1.807) is 0 Å². The van der Waals surface area contributed by atoms with Crippen LogP contribution in [0.15, 0.2) is 0 Å². The summed E-state index contributed by atoms with van der Waals surface area (Å²) in [5, 5.41) is 13.4. The van der Waals surface area contributed by atoms with Crippen LogP contribution in [0.3, 0.4) is 0 Å². The highest BCUT2D eigenvalue weighted by molar-refractivity contribution is 4.72. The zero-order valence-electron chi connectivity index (χ0n) is 14.5. The van der Waals surface area contributed by atoms with Crippen molar-refractivity contribution in [2.24, 2.45) is 5.92 Å². The van der Waals surface area contributed by atoms with Crippen LogP contribution in [0.1, 0.15) is 53.4 Å². The van der Waals surface area contributed by atoms with Crippen LogP contribution in [0, 0.1) is 5.92 Å². The highest BCUT2D eigenvalue weighted by atomic mass is 16.5. The molecule has 0 amide bonds. The highest BCUT2D eigenvalue weighted by Gasteiger charge is 2.20. The van der Waals surface area contributed by atoms with Crippen molar-refractivity contribution in [2.75, 3.05) is 32.8 Å². The van der Waals surface area contributed by atoms with E-state index in [0.29, 0.717) is 25.3 Å². The predicted molar refractivity (Wildman–Crippen MR) is 88.6 cm³/mol. The van der Waals surface area contributed by atoms with Crippen LogP contribution in [0.4, 0.5) is 0 Å². The van der Waals surface area contributed by atoms with E-state index in [2.05, 4.69) is 37.9 Å². The summed E-state index contributed by atoms with van der Waals surface area (Å²) in [6, 6.07) is 0.397. The molecule has 0 spiro atoms. The number of aliphatic hydroxyl groups is 1. The van der Waals surface area contributed by atoms with Gasteiger partial charge in [0.2, 0.25) is 0 Å². The fraction of sp³-hybridized carbons (Fsp3) is 1.00. The molecule has 2 N–H and O–H groups in total. The Balaban J connectivity index is 2.11. The first-order chi connectivity index (χ1) is 10.0. The number of hydrogen-bond donors (Lipinski definition) is 2. The molecule has 1 aliphatic rings. The van der Waals surface area contributed by atoms with E-state index in [4.69, 9.17) is 4.74 Å². The maximum Gasteiger partial charge on any atom is 0.0897 e. The maximum absolute atomic E-state index is 10.0. The quantitative estimate of drug-likeness (QED) is 0.649. The van der Waals surface area contributed by atoms with Gasteiger partial charge >= 0.3 is 0 Å². The van der Waals surface area contributed by atoms with E-state index in [1.165, 1.54) is 12.8 Å². The standard InChI is InChI=1S/C17H36N2O2/c1-5-19(6-2)12-15(4)18-11-16(20)13-21-17-9-7-8-14(3)10-17/h14-18,20H,5-13H2,1-4H3. The largest absolute Gasteiger partial charge is 0.389 e. The molecule has 1 rings (SSSR count). The zero-order chi connectivity index (χ0) is 15.7. The lowest BCUT2D eigenvalue weighted by molar-refractivity contribution is -0.0312. The summed E-state index contributed by atoms with van der Waals surface area (Å²) in [7, 11) is 0. The lowest BCUT2D eigenvalue weighted by atomic mass is 9.89. The van der Waals surface area contributed by atoms with Gasteiger partial charge in [0.05, 0.1) is 18.8 Å². The summed E-state index contributed by atoms with van der Waals surface area (Å²) in [5.74, 6) is 0.771. The van der Waals surface area contributed by atoms with Crippen LogP contribution in [0.5, 0.6) is 0 Å². The van der Waals surface area contributed by atoms with Gasteiger partial charge in [-0.3, -0.25) is 0 Å². The number of nitrogens with one attached hydrogen (secondary N) is 1. The molecule has 1 saturated carbocycles. The van der Waals surface area contributed by atoms with E-state index < -0.39 is 6.10 Å². The number of aliphatic hydroxyl groups excluding tert-OH is 1. The van der Waals surface area contributed by atoms with Crippen molar-refractivity contribution in [1.29, 1.82) is 0 Å². The number of rotatable bonds is 10. The van der Waals surface area contributed by atoms with Crippen LogP contribution < -0.4 is 5.32 Å². The molecule has 0 bridgehead atoms. The number of nitrogens with zero attached hydrogens (tertiary/aromatic N) is 1. The van der Waals surface area contributed by atoms with Gasteiger partial charge in [0.25, 0.3) is 0 Å². The third-order valence-electron chi connectivity index (χ3n) is 4.54. The van der Waals surface area contributed by atoms with Crippen LogP contribution in [-0.4, -0.2) is 61.0 Å². The Labute approximate surface area is 131 Å². The summed E-state index contributed by atoms with van der Waals surface area (Å²) in [5.41, 5.74) is 0. The van der Waals surface area contributed by atoms with E-state index in [1.807, 2.05) is 0 Å². The molecule has 0 heterocycles. The van der Waals surface area contributed by atoms with Crippen molar-refractivity contribution in [3.8, 4) is 0 Å². The lowest BCUT2D eigenvalue weighted by Crippen LogP contribution is -2.43.